The van der Waals surface area contributed by atoms with Crippen LogP contribution in [0.3, 0.4) is 0 Å². The minimum absolute atomic E-state index is 0.116. The highest BCUT2D eigenvalue weighted by molar-refractivity contribution is 6.30. The van der Waals surface area contributed by atoms with Gasteiger partial charge in [0.25, 0.3) is 0 Å². The fraction of sp³-hybridized carbons (Fsp3) is 0.222. The third-order valence-electron chi connectivity index (χ3n) is 3.17. The number of ether oxygens (including phenoxy) is 1. The van der Waals surface area contributed by atoms with Gasteiger partial charge in [-0.15, -0.1) is 0 Å². The van der Waals surface area contributed by atoms with Crippen LogP contribution in [0.2, 0.25) is 5.02 Å². The molecule has 25 heavy (non-hydrogen) atoms. The van der Waals surface area contributed by atoms with E-state index in [4.69, 9.17) is 16.3 Å². The molecule has 0 aliphatic rings. The van der Waals surface area contributed by atoms with Crippen molar-refractivity contribution in [3.8, 4) is 5.75 Å². The molecule has 0 bridgehead atoms. The Morgan fingerprint density at radius 1 is 1.08 bits per heavy atom. The summed E-state index contributed by atoms with van der Waals surface area (Å²) in [7, 11) is 0. The van der Waals surface area contributed by atoms with Crippen LogP contribution in [-0.2, 0) is 4.79 Å². The lowest BCUT2D eigenvalue weighted by Crippen LogP contribution is -2.40. The summed E-state index contributed by atoms with van der Waals surface area (Å²) in [5, 5.41) is 8.41. The van der Waals surface area contributed by atoms with Crippen LogP contribution in [0.5, 0.6) is 5.75 Å². The first-order chi connectivity index (χ1) is 12.0. The van der Waals surface area contributed by atoms with Gasteiger partial charge in [-0.3, -0.25) is 4.79 Å². The van der Waals surface area contributed by atoms with E-state index in [0.717, 1.165) is 5.56 Å². The minimum Gasteiger partial charge on any atom is -0.492 e. The van der Waals surface area contributed by atoms with Crippen molar-refractivity contribution in [1.82, 2.24) is 10.6 Å². The van der Waals surface area contributed by atoms with E-state index in [-0.39, 0.29) is 12.5 Å². The molecule has 3 amide bonds. The van der Waals surface area contributed by atoms with Gasteiger partial charge in [0, 0.05) is 10.7 Å². The molecule has 0 saturated carbocycles. The lowest BCUT2D eigenvalue weighted by atomic mass is 10.2. The number of rotatable bonds is 7. The number of amides is 3. The quantitative estimate of drug-likeness (QED) is 0.663. The molecule has 0 atom stereocenters. The number of hydrogen-bond donors (Lipinski definition) is 3. The summed E-state index contributed by atoms with van der Waals surface area (Å²) in [5.74, 6) is 0.339. The molecule has 6 nitrogen and oxygen atoms in total. The smallest absolute Gasteiger partial charge is 0.319 e. The maximum atomic E-state index is 11.7. The van der Waals surface area contributed by atoms with Crippen LogP contribution in [0.1, 0.15) is 5.56 Å². The molecule has 0 spiro atoms. The van der Waals surface area contributed by atoms with E-state index in [1.165, 1.54) is 0 Å². The standard InChI is InChI=1S/C18H20ClN3O3/c1-13-4-2-6-15(10-13)22-18(24)21-12-17(23)20-8-9-25-16-7-3-5-14(19)11-16/h2-7,10-11H,8-9,12H2,1H3,(H,20,23)(H2,21,22,24). The summed E-state index contributed by atoms with van der Waals surface area (Å²) < 4.78 is 5.45. The summed E-state index contributed by atoms with van der Waals surface area (Å²) in [6.07, 6.45) is 0. The van der Waals surface area contributed by atoms with Crippen LogP contribution in [0, 0.1) is 6.92 Å². The number of urea groups is 1. The monoisotopic (exact) mass is 361 g/mol. The lowest BCUT2D eigenvalue weighted by Gasteiger charge is -2.10. The van der Waals surface area contributed by atoms with Crippen molar-refractivity contribution in [2.75, 3.05) is 25.0 Å². The van der Waals surface area contributed by atoms with Gasteiger partial charge in [-0.05, 0) is 42.8 Å². The molecule has 0 fully saturated rings. The van der Waals surface area contributed by atoms with Gasteiger partial charge >= 0.3 is 6.03 Å². The third-order valence-corrected chi connectivity index (χ3v) is 3.41. The summed E-state index contributed by atoms with van der Waals surface area (Å²) in [5.41, 5.74) is 1.71. The Kier molecular flexibility index (Phi) is 7.10. The maximum absolute atomic E-state index is 11.7. The van der Waals surface area contributed by atoms with Gasteiger partial charge in [0.15, 0.2) is 0 Å². The molecule has 0 heterocycles. The summed E-state index contributed by atoms with van der Waals surface area (Å²) in [4.78, 5) is 23.4. The van der Waals surface area contributed by atoms with Crippen LogP contribution in [0.4, 0.5) is 10.5 Å². The molecule has 0 aliphatic heterocycles. The molecule has 0 aliphatic carbocycles. The topological polar surface area (TPSA) is 79.5 Å². The second-order valence-electron chi connectivity index (χ2n) is 5.33. The zero-order chi connectivity index (χ0) is 18.1. The molecule has 2 aromatic rings. The highest BCUT2D eigenvalue weighted by atomic mass is 35.5. The van der Waals surface area contributed by atoms with Crippen molar-refractivity contribution < 1.29 is 14.3 Å². The van der Waals surface area contributed by atoms with Gasteiger partial charge in [0.1, 0.15) is 12.4 Å². The molecule has 0 unspecified atom stereocenters. The molecule has 7 heteroatoms. The van der Waals surface area contributed by atoms with Crippen LogP contribution in [0.15, 0.2) is 48.5 Å². The normalized spacial score (nSPS) is 10.0. The second-order valence-corrected chi connectivity index (χ2v) is 5.77. The molecule has 2 rings (SSSR count). The van der Waals surface area contributed by atoms with E-state index in [0.29, 0.717) is 29.6 Å². The van der Waals surface area contributed by atoms with Crippen molar-refractivity contribution >= 4 is 29.2 Å². The summed E-state index contributed by atoms with van der Waals surface area (Å²) in [6, 6.07) is 14.0. The minimum atomic E-state index is -0.434. The Morgan fingerprint density at radius 3 is 2.64 bits per heavy atom. The predicted octanol–water partition coefficient (Wildman–Crippen LogP) is 2.97. The highest BCUT2D eigenvalue weighted by Gasteiger charge is 2.05. The van der Waals surface area contributed by atoms with Crippen molar-refractivity contribution in [3.63, 3.8) is 0 Å². The van der Waals surface area contributed by atoms with Crippen LogP contribution >= 0.6 is 11.6 Å². The van der Waals surface area contributed by atoms with Crippen LogP contribution in [-0.4, -0.2) is 31.6 Å². The first kappa shape index (κ1) is 18.6. The van der Waals surface area contributed by atoms with Crippen molar-refractivity contribution in [2.24, 2.45) is 0 Å². The Hall–Kier alpha value is -2.73. The predicted molar refractivity (Wildman–Crippen MR) is 98.2 cm³/mol. The number of hydrogen-bond acceptors (Lipinski definition) is 3. The van der Waals surface area contributed by atoms with Gasteiger partial charge in [0.2, 0.25) is 5.91 Å². The van der Waals surface area contributed by atoms with Gasteiger partial charge in [-0.25, -0.2) is 4.79 Å². The fourth-order valence-electron chi connectivity index (χ4n) is 2.04. The first-order valence-corrected chi connectivity index (χ1v) is 8.17. The Bertz CT molecular complexity index is 737. The molecule has 3 N–H and O–H groups in total. The van der Waals surface area contributed by atoms with Gasteiger partial charge in [0.05, 0.1) is 13.1 Å². The zero-order valence-corrected chi connectivity index (χ0v) is 14.6. The van der Waals surface area contributed by atoms with Crippen LogP contribution < -0.4 is 20.7 Å². The molecule has 132 valence electrons. The summed E-state index contributed by atoms with van der Waals surface area (Å²) >= 11 is 5.85. The van der Waals surface area contributed by atoms with E-state index in [2.05, 4.69) is 16.0 Å². The van der Waals surface area contributed by atoms with Crippen molar-refractivity contribution in [3.05, 3.63) is 59.1 Å². The highest BCUT2D eigenvalue weighted by Crippen LogP contribution is 2.16. The number of aryl methyl sites for hydroxylation is 1. The second kappa shape index (κ2) is 9.54. The van der Waals surface area contributed by atoms with Gasteiger partial charge in [-0.2, -0.15) is 0 Å². The largest absolute Gasteiger partial charge is 0.492 e. The first-order valence-electron chi connectivity index (χ1n) is 7.79. The Morgan fingerprint density at radius 2 is 1.88 bits per heavy atom. The summed E-state index contributed by atoms with van der Waals surface area (Å²) in [6.45, 7) is 2.45. The number of carbonyl (C=O) groups excluding carboxylic acids is 2. The van der Waals surface area contributed by atoms with Gasteiger partial charge < -0.3 is 20.7 Å². The molecular weight excluding hydrogens is 342 g/mol. The van der Waals surface area contributed by atoms with Crippen molar-refractivity contribution in [1.29, 1.82) is 0 Å². The van der Waals surface area contributed by atoms with E-state index in [9.17, 15) is 9.59 Å². The maximum Gasteiger partial charge on any atom is 0.319 e. The Labute approximate surface area is 151 Å². The number of nitrogens with one attached hydrogen (secondary N) is 3. The zero-order valence-electron chi connectivity index (χ0n) is 13.8. The van der Waals surface area contributed by atoms with E-state index in [1.54, 1.807) is 30.3 Å². The molecular formula is C18H20ClN3O3. The van der Waals surface area contributed by atoms with E-state index >= 15 is 0 Å². The molecule has 2 aromatic carbocycles. The van der Waals surface area contributed by atoms with E-state index < -0.39 is 6.03 Å². The van der Waals surface area contributed by atoms with Gasteiger partial charge in [-0.1, -0.05) is 29.8 Å². The number of benzene rings is 2. The average molecular weight is 362 g/mol. The fourth-order valence-corrected chi connectivity index (χ4v) is 2.22. The molecule has 0 aromatic heterocycles. The number of anilines is 1. The van der Waals surface area contributed by atoms with Crippen molar-refractivity contribution in [2.45, 2.75) is 6.92 Å². The molecule has 0 radical (unpaired) electrons. The Balaban J connectivity index is 1.61. The SMILES string of the molecule is Cc1cccc(NC(=O)NCC(=O)NCCOc2cccc(Cl)c2)c1. The van der Waals surface area contributed by atoms with Crippen LogP contribution in [0.25, 0.3) is 0 Å². The molecule has 0 saturated heterocycles. The average Bonchev–Trinajstić information content (AvgIpc) is 2.57. The third kappa shape index (κ3) is 7.14. The number of halogens is 1. The van der Waals surface area contributed by atoms with E-state index in [1.807, 2.05) is 25.1 Å². The lowest BCUT2D eigenvalue weighted by molar-refractivity contribution is -0.120. The number of carbonyl (C=O) groups is 2.